The van der Waals surface area contributed by atoms with Crippen molar-refractivity contribution in [3.05, 3.63) is 42.2 Å². The van der Waals surface area contributed by atoms with Crippen molar-refractivity contribution in [2.45, 2.75) is 51.5 Å². The van der Waals surface area contributed by atoms with Crippen LogP contribution in [0.4, 0.5) is 5.95 Å². The third kappa shape index (κ3) is 2.72. The molecule has 0 radical (unpaired) electrons. The van der Waals surface area contributed by atoms with Crippen molar-refractivity contribution in [2.75, 3.05) is 5.32 Å². The van der Waals surface area contributed by atoms with Gasteiger partial charge in [0.15, 0.2) is 0 Å². The molecule has 0 aliphatic heterocycles. The number of rotatable bonds is 4. The molecule has 1 fully saturated rings. The van der Waals surface area contributed by atoms with E-state index in [1.807, 2.05) is 6.20 Å². The van der Waals surface area contributed by atoms with Crippen LogP contribution in [-0.4, -0.2) is 15.6 Å². The summed E-state index contributed by atoms with van der Waals surface area (Å²) in [4.78, 5) is 4.51. The van der Waals surface area contributed by atoms with Crippen LogP contribution >= 0.6 is 0 Å². The van der Waals surface area contributed by atoms with Crippen molar-refractivity contribution in [1.82, 2.24) is 9.55 Å². The Hall–Kier alpha value is -1.77. The Labute approximate surface area is 121 Å². The lowest BCUT2D eigenvalue weighted by atomic mass is 9.96. The van der Waals surface area contributed by atoms with Gasteiger partial charge in [-0.05, 0) is 30.9 Å². The molecule has 0 bridgehead atoms. The minimum Gasteiger partial charge on any atom is -0.353 e. The Bertz CT molecular complexity index is 553. The molecule has 106 valence electrons. The van der Waals surface area contributed by atoms with Gasteiger partial charge in [0.25, 0.3) is 0 Å². The second kappa shape index (κ2) is 6.12. The number of aromatic nitrogens is 2. The molecule has 2 aromatic rings. The third-order valence-corrected chi connectivity index (χ3v) is 4.21. The molecule has 0 saturated heterocycles. The topological polar surface area (TPSA) is 29.9 Å². The molecule has 3 nitrogen and oxygen atoms in total. The highest BCUT2D eigenvalue weighted by atomic mass is 15.2. The molecule has 20 heavy (non-hydrogen) atoms. The number of nitrogens with one attached hydrogen (secondary N) is 1. The van der Waals surface area contributed by atoms with Crippen LogP contribution in [0.5, 0.6) is 0 Å². The summed E-state index contributed by atoms with van der Waals surface area (Å²) >= 11 is 0. The maximum Gasteiger partial charge on any atom is 0.207 e. The number of anilines is 1. The van der Waals surface area contributed by atoms with Crippen molar-refractivity contribution < 1.29 is 0 Å². The van der Waals surface area contributed by atoms with Gasteiger partial charge in [-0.25, -0.2) is 4.98 Å². The number of benzene rings is 1. The molecule has 3 heteroatoms. The molecule has 1 aromatic heterocycles. The normalized spacial score (nSPS) is 16.2. The van der Waals surface area contributed by atoms with Crippen molar-refractivity contribution in [2.24, 2.45) is 0 Å². The van der Waals surface area contributed by atoms with Gasteiger partial charge in [-0.1, -0.05) is 44.4 Å². The molecule has 1 heterocycles. The van der Waals surface area contributed by atoms with E-state index in [-0.39, 0.29) is 0 Å². The SMILES string of the molecule is CCc1ccccc1-n1ccnc1NC1CCCCC1. The maximum atomic E-state index is 4.51. The second-order valence-electron chi connectivity index (χ2n) is 5.58. The van der Waals surface area contributed by atoms with Gasteiger partial charge in [0, 0.05) is 18.4 Å². The second-order valence-corrected chi connectivity index (χ2v) is 5.58. The largest absolute Gasteiger partial charge is 0.353 e. The predicted molar refractivity (Wildman–Crippen MR) is 83.4 cm³/mol. The van der Waals surface area contributed by atoms with Crippen LogP contribution in [0, 0.1) is 0 Å². The Kier molecular flexibility index (Phi) is 4.05. The predicted octanol–water partition coefficient (Wildman–Crippen LogP) is 4.18. The van der Waals surface area contributed by atoms with Crippen LogP contribution in [0.2, 0.25) is 0 Å². The summed E-state index contributed by atoms with van der Waals surface area (Å²) in [6.07, 6.45) is 11.6. The fourth-order valence-corrected chi connectivity index (χ4v) is 3.08. The first-order valence-corrected chi connectivity index (χ1v) is 7.76. The van der Waals surface area contributed by atoms with Crippen molar-refractivity contribution in [1.29, 1.82) is 0 Å². The molecule has 1 aromatic carbocycles. The molecule has 1 aliphatic rings. The highest BCUT2D eigenvalue weighted by Crippen LogP contribution is 2.24. The molecule has 0 spiro atoms. The van der Waals surface area contributed by atoms with Crippen LogP contribution in [0.25, 0.3) is 5.69 Å². The highest BCUT2D eigenvalue weighted by molar-refractivity contribution is 5.47. The van der Waals surface area contributed by atoms with Gasteiger partial charge in [0.05, 0.1) is 5.69 Å². The zero-order valence-corrected chi connectivity index (χ0v) is 12.2. The zero-order valence-electron chi connectivity index (χ0n) is 12.2. The number of hydrogen-bond donors (Lipinski definition) is 1. The number of nitrogens with zero attached hydrogens (tertiary/aromatic N) is 2. The van der Waals surface area contributed by atoms with Crippen LogP contribution < -0.4 is 5.32 Å². The zero-order chi connectivity index (χ0) is 13.8. The lowest BCUT2D eigenvalue weighted by molar-refractivity contribution is 0.460. The first kappa shape index (κ1) is 13.2. The molecule has 3 rings (SSSR count). The van der Waals surface area contributed by atoms with E-state index < -0.39 is 0 Å². The van der Waals surface area contributed by atoms with Crippen LogP contribution in [0.15, 0.2) is 36.7 Å². The Morgan fingerprint density at radius 2 is 2.00 bits per heavy atom. The van der Waals surface area contributed by atoms with Gasteiger partial charge < -0.3 is 5.32 Å². The Morgan fingerprint density at radius 3 is 2.80 bits per heavy atom. The standard InChI is InChI=1S/C17H23N3/c1-2-14-8-6-7-11-16(14)20-13-12-18-17(20)19-15-9-4-3-5-10-15/h6-8,11-13,15H,2-5,9-10H2,1H3,(H,18,19). The lowest BCUT2D eigenvalue weighted by Gasteiger charge is -2.24. The fourth-order valence-electron chi connectivity index (χ4n) is 3.08. The van der Waals surface area contributed by atoms with Crippen LogP contribution in [-0.2, 0) is 6.42 Å². The average Bonchev–Trinajstić information content (AvgIpc) is 2.96. The number of aryl methyl sites for hydroxylation is 1. The Balaban J connectivity index is 1.85. The minimum absolute atomic E-state index is 0.582. The molecule has 1 saturated carbocycles. The summed E-state index contributed by atoms with van der Waals surface area (Å²) in [7, 11) is 0. The molecular formula is C17H23N3. The van der Waals surface area contributed by atoms with E-state index in [0.29, 0.717) is 6.04 Å². The highest BCUT2D eigenvalue weighted by Gasteiger charge is 2.16. The maximum absolute atomic E-state index is 4.51. The minimum atomic E-state index is 0.582. The summed E-state index contributed by atoms with van der Waals surface area (Å²) < 4.78 is 2.19. The summed E-state index contributed by atoms with van der Waals surface area (Å²) in [6, 6.07) is 9.15. The molecule has 1 aliphatic carbocycles. The molecule has 1 N–H and O–H groups in total. The van der Waals surface area contributed by atoms with E-state index in [9.17, 15) is 0 Å². The molecule has 0 unspecified atom stereocenters. The van der Waals surface area contributed by atoms with Gasteiger partial charge in [0.1, 0.15) is 0 Å². The van der Waals surface area contributed by atoms with E-state index >= 15 is 0 Å². The van der Waals surface area contributed by atoms with Crippen molar-refractivity contribution in [3.63, 3.8) is 0 Å². The van der Waals surface area contributed by atoms with Gasteiger partial charge in [0.2, 0.25) is 5.95 Å². The monoisotopic (exact) mass is 269 g/mol. The number of para-hydroxylation sites is 1. The average molecular weight is 269 g/mol. The fraction of sp³-hybridized carbons (Fsp3) is 0.471. The quantitative estimate of drug-likeness (QED) is 0.902. The number of hydrogen-bond acceptors (Lipinski definition) is 2. The first-order chi connectivity index (χ1) is 9.88. The molecule has 0 amide bonds. The van der Waals surface area contributed by atoms with Crippen molar-refractivity contribution in [3.8, 4) is 5.69 Å². The van der Waals surface area contributed by atoms with Gasteiger partial charge in [-0.2, -0.15) is 0 Å². The van der Waals surface area contributed by atoms with Gasteiger partial charge in [-0.15, -0.1) is 0 Å². The summed E-state index contributed by atoms with van der Waals surface area (Å²) in [6.45, 7) is 2.20. The lowest BCUT2D eigenvalue weighted by Crippen LogP contribution is -2.24. The molecule has 0 atom stereocenters. The van der Waals surface area contributed by atoms with E-state index in [1.165, 1.54) is 43.4 Å². The summed E-state index contributed by atoms with van der Waals surface area (Å²) in [5.41, 5.74) is 2.60. The summed E-state index contributed by atoms with van der Waals surface area (Å²) in [5.74, 6) is 0.984. The van der Waals surface area contributed by atoms with E-state index in [4.69, 9.17) is 0 Å². The first-order valence-electron chi connectivity index (χ1n) is 7.76. The summed E-state index contributed by atoms with van der Waals surface area (Å²) in [5, 5.41) is 3.63. The van der Waals surface area contributed by atoms with E-state index in [0.717, 1.165) is 12.4 Å². The van der Waals surface area contributed by atoms with Crippen LogP contribution in [0.3, 0.4) is 0 Å². The van der Waals surface area contributed by atoms with Crippen molar-refractivity contribution >= 4 is 5.95 Å². The third-order valence-electron chi connectivity index (χ3n) is 4.21. The smallest absolute Gasteiger partial charge is 0.207 e. The Morgan fingerprint density at radius 1 is 1.20 bits per heavy atom. The number of imidazole rings is 1. The van der Waals surface area contributed by atoms with E-state index in [1.54, 1.807) is 0 Å². The van der Waals surface area contributed by atoms with E-state index in [2.05, 4.69) is 52.3 Å². The van der Waals surface area contributed by atoms with Gasteiger partial charge in [-0.3, -0.25) is 4.57 Å². The van der Waals surface area contributed by atoms with Crippen LogP contribution in [0.1, 0.15) is 44.6 Å². The molecular weight excluding hydrogens is 246 g/mol. The van der Waals surface area contributed by atoms with Gasteiger partial charge >= 0.3 is 0 Å².